The Hall–Kier alpha value is -3.57. The van der Waals surface area contributed by atoms with Gasteiger partial charge in [-0.25, -0.2) is 0 Å². The fraction of sp³-hybridized carbons (Fsp3) is 0.312. The van der Waals surface area contributed by atoms with E-state index in [-0.39, 0.29) is 23.7 Å². The fourth-order valence-corrected chi connectivity index (χ4v) is 6.30. The van der Waals surface area contributed by atoms with E-state index in [0.717, 1.165) is 41.1 Å². The molecule has 0 bridgehead atoms. The zero-order valence-electron chi connectivity index (χ0n) is 21.8. The highest BCUT2D eigenvalue weighted by molar-refractivity contribution is 6.30. The van der Waals surface area contributed by atoms with Crippen LogP contribution in [0.5, 0.6) is 0 Å². The summed E-state index contributed by atoms with van der Waals surface area (Å²) in [6, 6.07) is 23.7. The van der Waals surface area contributed by atoms with Gasteiger partial charge in [-0.15, -0.1) is 0 Å². The topological polar surface area (TPSA) is 52.7 Å². The van der Waals surface area contributed by atoms with E-state index in [2.05, 4.69) is 42.3 Å². The van der Waals surface area contributed by atoms with Crippen LogP contribution in [-0.2, 0) is 22.6 Å². The third-order valence-electron chi connectivity index (χ3n) is 7.98. The van der Waals surface area contributed by atoms with Crippen LogP contribution in [0.1, 0.15) is 49.4 Å². The number of hydrogen-bond acceptors (Lipinski definition) is 4. The molecule has 1 N–H and O–H groups in total. The summed E-state index contributed by atoms with van der Waals surface area (Å²) in [4.78, 5) is 31.8. The van der Waals surface area contributed by atoms with Crippen LogP contribution in [-0.4, -0.2) is 29.7 Å². The lowest BCUT2D eigenvalue weighted by molar-refractivity contribution is -0.130. The summed E-state index contributed by atoms with van der Waals surface area (Å²) in [7, 11) is 0. The van der Waals surface area contributed by atoms with E-state index in [4.69, 9.17) is 11.6 Å². The largest absolute Gasteiger partial charge is 0.357 e. The first-order valence-corrected chi connectivity index (χ1v) is 13.7. The number of fused-ring (bicyclic) bond motifs is 2. The van der Waals surface area contributed by atoms with Crippen LogP contribution >= 0.6 is 11.6 Å². The highest BCUT2D eigenvalue weighted by Gasteiger charge is 2.42. The fourth-order valence-electron chi connectivity index (χ4n) is 6.17. The minimum atomic E-state index is -0.400. The van der Waals surface area contributed by atoms with Crippen molar-refractivity contribution >= 4 is 34.7 Å². The number of ketones is 1. The van der Waals surface area contributed by atoms with Gasteiger partial charge in [0.05, 0.1) is 24.0 Å². The van der Waals surface area contributed by atoms with Crippen molar-refractivity contribution in [1.82, 2.24) is 4.90 Å². The number of halogens is 1. The van der Waals surface area contributed by atoms with Gasteiger partial charge in [0, 0.05) is 35.8 Å². The lowest BCUT2D eigenvalue weighted by Gasteiger charge is -2.39. The molecule has 3 aromatic rings. The lowest BCUT2D eigenvalue weighted by atomic mass is 9.73. The summed E-state index contributed by atoms with van der Waals surface area (Å²) in [6.45, 7) is 5.74. The molecule has 2 aliphatic heterocycles. The van der Waals surface area contributed by atoms with Crippen LogP contribution in [0.3, 0.4) is 0 Å². The highest BCUT2D eigenvalue weighted by atomic mass is 35.5. The molecule has 6 heteroatoms. The van der Waals surface area contributed by atoms with Gasteiger partial charge >= 0.3 is 0 Å². The standard InChI is InChI=1S/C32H32ClN3O2/c1-32(2)17-26-30(28(37)18-32)31(22-11-13-24(33)14-12-22)36(27-10-6-5-9-25(27)34-26)20-29(38)35-16-15-21-7-3-4-8-23(21)19-35/h3-14,31,34H,15-20H2,1-2H3. The molecule has 3 aromatic carbocycles. The van der Waals surface area contributed by atoms with Crippen molar-refractivity contribution < 1.29 is 9.59 Å². The second-order valence-electron chi connectivity index (χ2n) is 11.4. The number of amides is 1. The van der Waals surface area contributed by atoms with Crippen LogP contribution < -0.4 is 10.2 Å². The number of carbonyl (C=O) groups is 2. The molecule has 1 unspecified atom stereocenters. The molecule has 3 aliphatic rings. The van der Waals surface area contributed by atoms with Crippen LogP contribution in [0.2, 0.25) is 5.02 Å². The van der Waals surface area contributed by atoms with E-state index < -0.39 is 6.04 Å². The van der Waals surface area contributed by atoms with Crippen molar-refractivity contribution in [1.29, 1.82) is 0 Å². The van der Waals surface area contributed by atoms with Gasteiger partial charge in [0.15, 0.2) is 5.78 Å². The summed E-state index contributed by atoms with van der Waals surface area (Å²) in [5.41, 5.74) is 6.84. The van der Waals surface area contributed by atoms with Gasteiger partial charge in [-0.3, -0.25) is 9.59 Å². The van der Waals surface area contributed by atoms with Crippen molar-refractivity contribution in [3.8, 4) is 0 Å². The molecule has 6 rings (SSSR count). The summed E-state index contributed by atoms with van der Waals surface area (Å²) >= 11 is 6.27. The maximum absolute atomic E-state index is 13.9. The number of allylic oxidation sites excluding steroid dienone is 1. The number of rotatable bonds is 3. The molecular weight excluding hydrogens is 494 g/mol. The Morgan fingerprint density at radius 2 is 1.68 bits per heavy atom. The number of para-hydroxylation sites is 2. The predicted molar refractivity (Wildman–Crippen MR) is 152 cm³/mol. The number of carbonyl (C=O) groups excluding carboxylic acids is 2. The third kappa shape index (κ3) is 4.60. The molecule has 0 saturated heterocycles. The summed E-state index contributed by atoms with van der Waals surface area (Å²) < 4.78 is 0. The first-order chi connectivity index (χ1) is 18.3. The molecule has 0 saturated carbocycles. The average Bonchev–Trinajstić information content (AvgIpc) is 3.02. The number of hydrogen-bond donors (Lipinski definition) is 1. The highest BCUT2D eigenvalue weighted by Crippen LogP contribution is 2.48. The zero-order chi connectivity index (χ0) is 26.4. The molecule has 0 aromatic heterocycles. The second kappa shape index (κ2) is 9.63. The molecule has 0 radical (unpaired) electrons. The van der Waals surface area contributed by atoms with Gasteiger partial charge in [-0.1, -0.05) is 74.0 Å². The third-order valence-corrected chi connectivity index (χ3v) is 8.23. The maximum Gasteiger partial charge on any atom is 0.242 e. The Labute approximate surface area is 229 Å². The predicted octanol–water partition coefficient (Wildman–Crippen LogP) is 6.54. The number of anilines is 2. The number of nitrogens with one attached hydrogen (secondary N) is 1. The van der Waals surface area contributed by atoms with Crippen molar-refractivity contribution in [3.63, 3.8) is 0 Å². The first kappa shape index (κ1) is 24.7. The Bertz CT molecular complexity index is 1440. The van der Waals surface area contributed by atoms with Gasteiger partial charge in [-0.05, 0) is 59.2 Å². The Balaban J connectivity index is 1.44. The van der Waals surface area contributed by atoms with Crippen molar-refractivity contribution in [2.45, 2.75) is 45.7 Å². The number of benzene rings is 3. The van der Waals surface area contributed by atoms with Crippen LogP contribution in [0.25, 0.3) is 0 Å². The van der Waals surface area contributed by atoms with Crippen LogP contribution in [0, 0.1) is 5.41 Å². The Kier molecular flexibility index (Phi) is 6.27. The Morgan fingerprint density at radius 1 is 0.974 bits per heavy atom. The molecule has 194 valence electrons. The van der Waals surface area contributed by atoms with E-state index in [1.807, 2.05) is 59.5 Å². The molecule has 0 spiro atoms. The molecule has 38 heavy (non-hydrogen) atoms. The Morgan fingerprint density at radius 3 is 2.47 bits per heavy atom. The average molecular weight is 526 g/mol. The van der Waals surface area contributed by atoms with E-state index >= 15 is 0 Å². The van der Waals surface area contributed by atoms with Gasteiger partial charge in [0.2, 0.25) is 5.91 Å². The molecule has 2 heterocycles. The van der Waals surface area contributed by atoms with Crippen molar-refractivity contribution in [3.05, 3.63) is 106 Å². The minimum Gasteiger partial charge on any atom is -0.357 e. The summed E-state index contributed by atoms with van der Waals surface area (Å²) in [5.74, 6) is 0.182. The van der Waals surface area contributed by atoms with Crippen LogP contribution in [0.4, 0.5) is 11.4 Å². The van der Waals surface area contributed by atoms with Gasteiger partial charge in [0.1, 0.15) is 0 Å². The lowest BCUT2D eigenvalue weighted by Crippen LogP contribution is -2.45. The van der Waals surface area contributed by atoms with E-state index in [1.165, 1.54) is 11.1 Å². The van der Waals surface area contributed by atoms with Gasteiger partial charge < -0.3 is 15.1 Å². The zero-order valence-corrected chi connectivity index (χ0v) is 22.6. The number of Topliss-reactive ketones (excluding diaryl/α,β-unsaturated/α-hetero) is 1. The van der Waals surface area contributed by atoms with Gasteiger partial charge in [-0.2, -0.15) is 0 Å². The van der Waals surface area contributed by atoms with E-state index in [0.29, 0.717) is 24.5 Å². The first-order valence-electron chi connectivity index (χ1n) is 13.3. The normalized spacial score (nSPS) is 20.2. The molecule has 1 atom stereocenters. The monoisotopic (exact) mass is 525 g/mol. The molecule has 0 fully saturated rings. The summed E-state index contributed by atoms with van der Waals surface area (Å²) in [6.07, 6.45) is 2.08. The van der Waals surface area contributed by atoms with Gasteiger partial charge in [0.25, 0.3) is 0 Å². The molecule has 1 aliphatic carbocycles. The summed E-state index contributed by atoms with van der Waals surface area (Å²) in [5, 5.41) is 4.26. The minimum absolute atomic E-state index is 0.0564. The van der Waals surface area contributed by atoms with Crippen molar-refractivity contribution in [2.75, 3.05) is 23.3 Å². The smallest absolute Gasteiger partial charge is 0.242 e. The molecule has 1 amide bonds. The van der Waals surface area contributed by atoms with E-state index in [1.54, 1.807) is 0 Å². The van der Waals surface area contributed by atoms with Crippen LogP contribution in [0.15, 0.2) is 84.1 Å². The van der Waals surface area contributed by atoms with Crippen molar-refractivity contribution in [2.24, 2.45) is 5.41 Å². The SMILES string of the molecule is CC1(C)CC(=O)C2=C(C1)Nc1ccccc1N(CC(=O)N1CCc3ccccc3C1)C2c1ccc(Cl)cc1. The van der Waals surface area contributed by atoms with E-state index in [9.17, 15) is 9.59 Å². The molecular formula is C32H32ClN3O2. The molecule has 5 nitrogen and oxygen atoms in total. The second-order valence-corrected chi connectivity index (χ2v) is 11.8. The number of nitrogens with zero attached hydrogens (tertiary/aromatic N) is 2. The quantitative estimate of drug-likeness (QED) is 0.422. The maximum atomic E-state index is 13.9.